The number of amides is 1. The number of aryl methyl sites for hydroxylation is 2. The molecule has 0 bridgehead atoms. The first kappa shape index (κ1) is 22.1. The van der Waals surface area contributed by atoms with Gasteiger partial charge in [-0.1, -0.05) is 19.1 Å². The number of carbonyl (C=O) groups excluding carboxylic acids is 1. The van der Waals surface area contributed by atoms with Gasteiger partial charge in [0, 0.05) is 20.3 Å². The summed E-state index contributed by atoms with van der Waals surface area (Å²) < 4.78 is 16.9. The lowest BCUT2D eigenvalue weighted by Crippen LogP contribution is -2.31. The molecule has 0 fully saturated rings. The molecule has 2 heterocycles. The van der Waals surface area contributed by atoms with E-state index >= 15 is 0 Å². The van der Waals surface area contributed by atoms with Gasteiger partial charge in [0.05, 0.1) is 23.6 Å². The maximum Gasteiger partial charge on any atom is 0.290 e. The Labute approximate surface area is 187 Å². The summed E-state index contributed by atoms with van der Waals surface area (Å²) in [6.07, 6.45) is 1.59. The molecule has 0 aliphatic carbocycles. The minimum Gasteiger partial charge on any atom is -0.494 e. The van der Waals surface area contributed by atoms with E-state index in [4.69, 9.17) is 13.9 Å². The molecule has 4 rings (SSSR count). The molecule has 6 heteroatoms. The Morgan fingerprint density at radius 3 is 2.44 bits per heavy atom. The molecule has 3 aromatic rings. The lowest BCUT2D eigenvalue weighted by atomic mass is 9.97. The first-order chi connectivity index (χ1) is 15.5. The van der Waals surface area contributed by atoms with Crippen molar-refractivity contribution >= 4 is 16.9 Å². The molecule has 6 nitrogen and oxygen atoms in total. The Morgan fingerprint density at radius 1 is 1.03 bits per heavy atom. The zero-order valence-corrected chi connectivity index (χ0v) is 19.1. The zero-order chi connectivity index (χ0) is 22.8. The van der Waals surface area contributed by atoms with Gasteiger partial charge in [-0.05, 0) is 67.6 Å². The van der Waals surface area contributed by atoms with Crippen molar-refractivity contribution in [1.29, 1.82) is 0 Å². The van der Waals surface area contributed by atoms with E-state index in [1.54, 1.807) is 12.0 Å². The van der Waals surface area contributed by atoms with Crippen LogP contribution in [0.1, 0.15) is 58.6 Å². The van der Waals surface area contributed by atoms with Gasteiger partial charge in [0.25, 0.3) is 5.91 Å². The third kappa shape index (κ3) is 3.91. The highest BCUT2D eigenvalue weighted by molar-refractivity contribution is 5.99. The predicted octanol–water partition coefficient (Wildman–Crippen LogP) is 4.78. The highest BCUT2D eigenvalue weighted by Gasteiger charge is 2.42. The largest absolute Gasteiger partial charge is 0.494 e. The number of fused-ring (bicyclic) bond motifs is 2. The van der Waals surface area contributed by atoms with Crippen LogP contribution in [-0.2, 0) is 4.74 Å². The van der Waals surface area contributed by atoms with E-state index in [-0.39, 0.29) is 17.1 Å². The van der Waals surface area contributed by atoms with Crippen LogP contribution in [0.2, 0.25) is 0 Å². The standard InChI is InChI=1S/C26H29NO5/c1-5-12-31-19-9-7-18(8-10-19)23-22-24(28)20-14-16(2)17(3)15-21(20)32-25(22)26(29)27(23)11-6-13-30-4/h7-10,14-15,23H,5-6,11-13H2,1-4H3. The van der Waals surface area contributed by atoms with E-state index in [9.17, 15) is 9.59 Å². The molecule has 1 aromatic heterocycles. The van der Waals surface area contributed by atoms with E-state index in [0.29, 0.717) is 42.7 Å². The van der Waals surface area contributed by atoms with E-state index in [1.807, 2.05) is 50.2 Å². The molecule has 1 amide bonds. The normalized spacial score (nSPS) is 15.4. The van der Waals surface area contributed by atoms with Crippen molar-refractivity contribution in [1.82, 2.24) is 4.90 Å². The molecule has 168 valence electrons. The van der Waals surface area contributed by atoms with Crippen LogP contribution in [0.5, 0.6) is 5.75 Å². The van der Waals surface area contributed by atoms with Crippen molar-refractivity contribution in [2.45, 2.75) is 39.7 Å². The SMILES string of the molecule is CCCOc1ccc(C2c3c(oc4cc(C)c(C)cc4c3=O)C(=O)N2CCCOC)cc1. The van der Waals surface area contributed by atoms with E-state index in [1.165, 1.54) is 0 Å². The van der Waals surface area contributed by atoms with Gasteiger partial charge in [-0.2, -0.15) is 0 Å². The quantitative estimate of drug-likeness (QED) is 0.476. The average molecular weight is 436 g/mol. The topological polar surface area (TPSA) is 69.0 Å². The molecule has 0 N–H and O–H groups in total. The molecular formula is C26H29NO5. The lowest BCUT2D eigenvalue weighted by molar-refractivity contribution is 0.0708. The molecule has 1 unspecified atom stereocenters. The summed E-state index contributed by atoms with van der Waals surface area (Å²) >= 11 is 0. The highest BCUT2D eigenvalue weighted by Crippen LogP contribution is 2.39. The maximum absolute atomic E-state index is 13.6. The summed E-state index contributed by atoms with van der Waals surface area (Å²) in [7, 11) is 1.63. The number of hydrogen-bond acceptors (Lipinski definition) is 5. The molecule has 0 spiro atoms. The summed E-state index contributed by atoms with van der Waals surface area (Å²) in [5.74, 6) is 0.645. The molecule has 32 heavy (non-hydrogen) atoms. The van der Waals surface area contributed by atoms with Crippen LogP contribution in [0.4, 0.5) is 0 Å². The fourth-order valence-electron chi connectivity index (χ4n) is 4.20. The van der Waals surface area contributed by atoms with E-state index in [0.717, 1.165) is 28.9 Å². The first-order valence-electron chi connectivity index (χ1n) is 11.1. The second-order valence-corrected chi connectivity index (χ2v) is 8.27. The van der Waals surface area contributed by atoms with Crippen molar-refractivity contribution in [2.75, 3.05) is 26.9 Å². The van der Waals surface area contributed by atoms with Crippen molar-refractivity contribution in [3.8, 4) is 5.75 Å². The number of hydrogen-bond donors (Lipinski definition) is 0. The molecular weight excluding hydrogens is 406 g/mol. The predicted molar refractivity (Wildman–Crippen MR) is 124 cm³/mol. The number of benzene rings is 2. The molecule has 1 aliphatic rings. The first-order valence-corrected chi connectivity index (χ1v) is 11.1. The Kier molecular flexibility index (Phi) is 6.33. The molecule has 0 saturated heterocycles. The van der Waals surface area contributed by atoms with Gasteiger partial charge in [-0.3, -0.25) is 9.59 Å². The fourth-order valence-corrected chi connectivity index (χ4v) is 4.20. The van der Waals surface area contributed by atoms with Gasteiger partial charge < -0.3 is 18.8 Å². The third-order valence-corrected chi connectivity index (χ3v) is 6.00. The van der Waals surface area contributed by atoms with Crippen molar-refractivity contribution in [2.24, 2.45) is 0 Å². The van der Waals surface area contributed by atoms with Gasteiger partial charge >= 0.3 is 0 Å². The summed E-state index contributed by atoms with van der Waals surface area (Å²) in [5, 5.41) is 0.506. The maximum atomic E-state index is 13.6. The summed E-state index contributed by atoms with van der Waals surface area (Å²) in [5.41, 5.74) is 3.59. The third-order valence-electron chi connectivity index (χ3n) is 6.00. The Bertz CT molecular complexity index is 1200. The number of nitrogens with zero attached hydrogens (tertiary/aromatic N) is 1. The molecule has 1 atom stereocenters. The molecule has 2 aromatic carbocycles. The Morgan fingerprint density at radius 2 is 1.75 bits per heavy atom. The Hall–Kier alpha value is -3.12. The summed E-state index contributed by atoms with van der Waals surface area (Å²) in [6.45, 7) is 7.62. The van der Waals surface area contributed by atoms with E-state index in [2.05, 4.69) is 6.92 Å². The van der Waals surface area contributed by atoms with Crippen LogP contribution < -0.4 is 10.2 Å². The molecule has 1 aliphatic heterocycles. The highest BCUT2D eigenvalue weighted by atomic mass is 16.5. The van der Waals surface area contributed by atoms with Crippen LogP contribution in [0.25, 0.3) is 11.0 Å². The Balaban J connectivity index is 1.84. The molecule has 0 radical (unpaired) electrons. The lowest BCUT2D eigenvalue weighted by Gasteiger charge is -2.25. The average Bonchev–Trinajstić information content (AvgIpc) is 3.06. The second kappa shape index (κ2) is 9.17. The number of ether oxygens (including phenoxy) is 2. The van der Waals surface area contributed by atoms with Crippen LogP contribution in [-0.4, -0.2) is 37.7 Å². The van der Waals surface area contributed by atoms with Gasteiger partial charge in [0.15, 0.2) is 5.43 Å². The van der Waals surface area contributed by atoms with Gasteiger partial charge in [0.1, 0.15) is 11.3 Å². The zero-order valence-electron chi connectivity index (χ0n) is 19.1. The number of methoxy groups -OCH3 is 1. The smallest absolute Gasteiger partial charge is 0.290 e. The van der Waals surface area contributed by atoms with Crippen LogP contribution >= 0.6 is 0 Å². The summed E-state index contributed by atoms with van der Waals surface area (Å²) in [4.78, 5) is 28.7. The fraction of sp³-hybridized carbons (Fsp3) is 0.385. The van der Waals surface area contributed by atoms with Gasteiger partial charge in [-0.25, -0.2) is 0 Å². The monoisotopic (exact) mass is 435 g/mol. The van der Waals surface area contributed by atoms with Crippen molar-refractivity contribution in [3.05, 3.63) is 74.6 Å². The van der Waals surface area contributed by atoms with Crippen LogP contribution in [0, 0.1) is 13.8 Å². The molecule has 0 saturated carbocycles. The minimum atomic E-state index is -0.503. The van der Waals surface area contributed by atoms with Crippen molar-refractivity contribution in [3.63, 3.8) is 0 Å². The van der Waals surface area contributed by atoms with Gasteiger partial charge in [0.2, 0.25) is 5.76 Å². The van der Waals surface area contributed by atoms with Crippen molar-refractivity contribution < 1.29 is 18.7 Å². The minimum absolute atomic E-state index is 0.138. The number of rotatable bonds is 8. The van der Waals surface area contributed by atoms with E-state index < -0.39 is 6.04 Å². The summed E-state index contributed by atoms with van der Waals surface area (Å²) in [6, 6.07) is 10.8. The second-order valence-electron chi connectivity index (χ2n) is 8.27. The van der Waals surface area contributed by atoms with Crippen LogP contribution in [0.15, 0.2) is 45.6 Å². The number of carbonyl (C=O) groups is 1. The van der Waals surface area contributed by atoms with Crippen LogP contribution in [0.3, 0.4) is 0 Å². The van der Waals surface area contributed by atoms with Gasteiger partial charge in [-0.15, -0.1) is 0 Å².